The molecule has 2 aromatic rings. The normalized spacial score (nSPS) is 10.2. The van der Waals surface area contributed by atoms with Crippen molar-refractivity contribution in [3.8, 4) is 5.75 Å². The third kappa shape index (κ3) is 5.83. The number of carbonyl (C=O) groups excluding carboxylic acids is 2. The molecule has 5 heteroatoms. The van der Waals surface area contributed by atoms with E-state index in [1.807, 2.05) is 24.3 Å². The van der Waals surface area contributed by atoms with Crippen molar-refractivity contribution in [2.24, 2.45) is 0 Å². The monoisotopic (exact) mass is 327 g/mol. The molecule has 0 saturated carbocycles. The third-order valence-electron chi connectivity index (χ3n) is 3.40. The van der Waals surface area contributed by atoms with Gasteiger partial charge in [0.1, 0.15) is 5.75 Å². The molecule has 24 heavy (non-hydrogen) atoms. The number of carbonyl (C=O) groups is 2. The summed E-state index contributed by atoms with van der Waals surface area (Å²) in [5.41, 5.74) is 1.30. The van der Waals surface area contributed by atoms with Crippen molar-refractivity contribution in [2.45, 2.75) is 26.2 Å². The Bertz CT molecular complexity index is 653. The predicted molar refractivity (Wildman–Crippen MR) is 90.1 cm³/mol. The summed E-state index contributed by atoms with van der Waals surface area (Å²) in [5, 5.41) is 0. The van der Waals surface area contributed by atoms with Crippen LogP contribution in [0.4, 0.5) is 0 Å². The predicted octanol–water partition coefficient (Wildman–Crippen LogP) is 3.23. The molecule has 0 N–H and O–H groups in total. The van der Waals surface area contributed by atoms with Crippen molar-refractivity contribution in [2.75, 3.05) is 13.2 Å². The van der Waals surface area contributed by atoms with Crippen LogP contribution < -0.4 is 4.74 Å². The molecule has 0 radical (unpaired) electrons. The molecule has 0 aliphatic rings. The minimum absolute atomic E-state index is 0.124. The molecule has 0 bridgehead atoms. The van der Waals surface area contributed by atoms with Gasteiger partial charge in [-0.3, -0.25) is 14.6 Å². The van der Waals surface area contributed by atoms with E-state index in [1.165, 1.54) is 12.4 Å². The molecule has 2 rings (SSSR count). The van der Waals surface area contributed by atoms with E-state index in [0.29, 0.717) is 12.2 Å². The van der Waals surface area contributed by atoms with E-state index < -0.39 is 5.97 Å². The second kappa shape index (κ2) is 9.45. The zero-order valence-corrected chi connectivity index (χ0v) is 13.7. The molecular formula is C19H21NO4. The van der Waals surface area contributed by atoms with Crippen molar-refractivity contribution in [3.63, 3.8) is 0 Å². The van der Waals surface area contributed by atoms with Gasteiger partial charge in [-0.15, -0.1) is 0 Å². The van der Waals surface area contributed by atoms with E-state index in [2.05, 4.69) is 11.9 Å². The largest absolute Gasteiger partial charge is 0.494 e. The van der Waals surface area contributed by atoms with Crippen molar-refractivity contribution in [1.82, 2.24) is 4.98 Å². The Labute approximate surface area is 141 Å². The Kier molecular flexibility index (Phi) is 6.95. The SMILES string of the molecule is CCCCOc1ccc(CC(=O)OCC(=O)c2ccncc2)cc1. The zero-order valence-electron chi connectivity index (χ0n) is 13.7. The lowest BCUT2D eigenvalue weighted by Crippen LogP contribution is -2.15. The second-order valence-corrected chi connectivity index (χ2v) is 5.34. The molecule has 0 amide bonds. The molecule has 5 nitrogen and oxygen atoms in total. The first kappa shape index (κ1) is 17.7. The summed E-state index contributed by atoms with van der Waals surface area (Å²) in [6.45, 7) is 2.54. The fourth-order valence-corrected chi connectivity index (χ4v) is 2.02. The summed E-state index contributed by atoms with van der Waals surface area (Å²) < 4.78 is 10.6. The molecule has 0 atom stereocenters. The highest BCUT2D eigenvalue weighted by atomic mass is 16.5. The zero-order chi connectivity index (χ0) is 17.2. The van der Waals surface area contributed by atoms with Crippen LogP contribution in [0.5, 0.6) is 5.75 Å². The maximum Gasteiger partial charge on any atom is 0.310 e. The minimum Gasteiger partial charge on any atom is -0.494 e. The van der Waals surface area contributed by atoms with Gasteiger partial charge in [-0.1, -0.05) is 25.5 Å². The van der Waals surface area contributed by atoms with Gasteiger partial charge in [-0.2, -0.15) is 0 Å². The van der Waals surface area contributed by atoms with Gasteiger partial charge in [0.15, 0.2) is 12.4 Å². The van der Waals surface area contributed by atoms with Gasteiger partial charge >= 0.3 is 5.97 Å². The smallest absolute Gasteiger partial charge is 0.310 e. The number of ketones is 1. The summed E-state index contributed by atoms with van der Waals surface area (Å²) >= 11 is 0. The average Bonchev–Trinajstić information content (AvgIpc) is 2.62. The highest BCUT2D eigenvalue weighted by molar-refractivity contribution is 5.97. The van der Waals surface area contributed by atoms with Gasteiger partial charge in [0.05, 0.1) is 13.0 Å². The summed E-state index contributed by atoms with van der Waals surface area (Å²) in [5.74, 6) is 0.107. The molecule has 0 aliphatic carbocycles. The van der Waals surface area contributed by atoms with Crippen LogP contribution in [0.15, 0.2) is 48.8 Å². The van der Waals surface area contributed by atoms with Gasteiger partial charge < -0.3 is 9.47 Å². The highest BCUT2D eigenvalue weighted by Gasteiger charge is 2.10. The number of ether oxygens (including phenoxy) is 2. The number of hydrogen-bond donors (Lipinski definition) is 0. The van der Waals surface area contributed by atoms with Crippen molar-refractivity contribution in [1.29, 1.82) is 0 Å². The number of pyridine rings is 1. The molecule has 0 aliphatic heterocycles. The van der Waals surface area contributed by atoms with Crippen LogP contribution >= 0.6 is 0 Å². The van der Waals surface area contributed by atoms with Crippen LogP contribution in [0.25, 0.3) is 0 Å². The first-order chi connectivity index (χ1) is 11.7. The lowest BCUT2D eigenvalue weighted by Gasteiger charge is -2.07. The maximum atomic E-state index is 11.8. The summed E-state index contributed by atoms with van der Waals surface area (Å²) in [6, 6.07) is 10.5. The number of benzene rings is 1. The number of esters is 1. The molecule has 0 fully saturated rings. The summed E-state index contributed by atoms with van der Waals surface area (Å²) in [4.78, 5) is 27.5. The van der Waals surface area contributed by atoms with Gasteiger partial charge in [-0.05, 0) is 36.2 Å². The topological polar surface area (TPSA) is 65.5 Å². The van der Waals surface area contributed by atoms with E-state index in [0.717, 1.165) is 24.2 Å². The van der Waals surface area contributed by atoms with Gasteiger partial charge in [0.25, 0.3) is 0 Å². The first-order valence-corrected chi connectivity index (χ1v) is 7.99. The van der Waals surface area contributed by atoms with Crippen molar-refractivity contribution < 1.29 is 19.1 Å². The van der Waals surface area contributed by atoms with Crippen LogP contribution in [0.1, 0.15) is 35.7 Å². The number of hydrogen-bond acceptors (Lipinski definition) is 5. The molecule has 1 aromatic carbocycles. The minimum atomic E-state index is -0.433. The van der Waals surface area contributed by atoms with Crippen LogP contribution in [0.3, 0.4) is 0 Å². The van der Waals surface area contributed by atoms with Crippen LogP contribution in [-0.4, -0.2) is 30.0 Å². The number of aromatic nitrogens is 1. The Morgan fingerprint density at radius 1 is 1.04 bits per heavy atom. The molecule has 0 saturated heterocycles. The van der Waals surface area contributed by atoms with E-state index in [1.54, 1.807) is 12.1 Å². The van der Waals surface area contributed by atoms with Crippen molar-refractivity contribution in [3.05, 3.63) is 59.9 Å². The second-order valence-electron chi connectivity index (χ2n) is 5.34. The van der Waals surface area contributed by atoms with Gasteiger partial charge in [0.2, 0.25) is 0 Å². The lowest BCUT2D eigenvalue weighted by molar-refractivity contribution is -0.141. The Hall–Kier alpha value is -2.69. The van der Waals surface area contributed by atoms with Crippen molar-refractivity contribution >= 4 is 11.8 Å². The van der Waals surface area contributed by atoms with Crippen LogP contribution in [0, 0.1) is 0 Å². The fourth-order valence-electron chi connectivity index (χ4n) is 2.02. The standard InChI is InChI=1S/C19H21NO4/c1-2-3-12-23-17-6-4-15(5-7-17)13-19(22)24-14-18(21)16-8-10-20-11-9-16/h4-11H,2-3,12-14H2,1H3. The lowest BCUT2D eigenvalue weighted by atomic mass is 10.1. The van der Waals surface area contributed by atoms with Crippen LogP contribution in [-0.2, 0) is 16.0 Å². The number of rotatable bonds is 9. The van der Waals surface area contributed by atoms with Gasteiger partial charge in [0, 0.05) is 18.0 Å². The molecule has 1 heterocycles. The molecular weight excluding hydrogens is 306 g/mol. The summed E-state index contributed by atoms with van der Waals surface area (Å²) in [6.07, 6.45) is 5.28. The summed E-state index contributed by atoms with van der Waals surface area (Å²) in [7, 11) is 0. The molecule has 0 unspecified atom stereocenters. The average molecular weight is 327 g/mol. The molecule has 1 aromatic heterocycles. The number of unbranched alkanes of at least 4 members (excludes halogenated alkanes) is 1. The van der Waals surface area contributed by atoms with E-state index in [9.17, 15) is 9.59 Å². The maximum absolute atomic E-state index is 11.8. The Balaban J connectivity index is 1.76. The number of Topliss-reactive ketones (excluding diaryl/α,β-unsaturated/α-hetero) is 1. The Morgan fingerprint density at radius 2 is 1.75 bits per heavy atom. The molecule has 0 spiro atoms. The van der Waals surface area contributed by atoms with Gasteiger partial charge in [-0.25, -0.2) is 0 Å². The molecule has 126 valence electrons. The van der Waals surface area contributed by atoms with E-state index >= 15 is 0 Å². The highest BCUT2D eigenvalue weighted by Crippen LogP contribution is 2.13. The third-order valence-corrected chi connectivity index (χ3v) is 3.40. The fraction of sp³-hybridized carbons (Fsp3) is 0.316. The van der Waals surface area contributed by atoms with E-state index in [4.69, 9.17) is 9.47 Å². The quantitative estimate of drug-likeness (QED) is 0.402. The van der Waals surface area contributed by atoms with E-state index in [-0.39, 0.29) is 18.8 Å². The number of nitrogens with zero attached hydrogens (tertiary/aromatic N) is 1. The first-order valence-electron chi connectivity index (χ1n) is 7.99. The Morgan fingerprint density at radius 3 is 2.42 bits per heavy atom. The van der Waals surface area contributed by atoms with Crippen LogP contribution in [0.2, 0.25) is 0 Å².